The molecule has 2 aromatic carbocycles. The Labute approximate surface area is 205 Å². The van der Waals surface area contributed by atoms with Gasteiger partial charge in [-0.2, -0.15) is 0 Å². The highest BCUT2D eigenvalue weighted by Gasteiger charge is 2.24. The van der Waals surface area contributed by atoms with Gasteiger partial charge in [0.25, 0.3) is 5.91 Å². The molecule has 1 amide bonds. The van der Waals surface area contributed by atoms with Crippen LogP contribution in [0.4, 0.5) is 0 Å². The number of hydrogen-bond donors (Lipinski definition) is 2. The number of methoxy groups -OCH3 is 1. The van der Waals surface area contributed by atoms with E-state index in [1.165, 1.54) is 0 Å². The van der Waals surface area contributed by atoms with Crippen molar-refractivity contribution in [1.82, 2.24) is 14.9 Å². The summed E-state index contributed by atoms with van der Waals surface area (Å²) in [5, 5.41) is 0.931. The van der Waals surface area contributed by atoms with Crippen LogP contribution in [-0.2, 0) is 17.8 Å². The smallest absolute Gasteiger partial charge is 0.340 e. The van der Waals surface area contributed by atoms with E-state index in [4.69, 9.17) is 9.47 Å². The maximum absolute atomic E-state index is 13.7. The number of H-pyrrole nitrogens is 2. The molecule has 182 valence electrons. The van der Waals surface area contributed by atoms with Crippen molar-refractivity contribution in [3.8, 4) is 5.75 Å². The SMILES string of the molecule is CCOC(=O)c1c(C)[nH]c(CN(Cc2ccc(C)cc2)C(=O)c2cc3ccc(OC)cc3[nH]2)c1C. The second-order valence-electron chi connectivity index (χ2n) is 8.73. The number of carbonyl (C=O) groups excluding carboxylic acids is 2. The van der Waals surface area contributed by atoms with Crippen molar-refractivity contribution in [2.45, 2.75) is 40.8 Å². The number of ether oxygens (including phenoxy) is 2. The van der Waals surface area contributed by atoms with Crippen molar-refractivity contribution in [3.05, 3.63) is 87.9 Å². The predicted octanol–water partition coefficient (Wildman–Crippen LogP) is 5.45. The Kier molecular flexibility index (Phi) is 6.96. The van der Waals surface area contributed by atoms with Crippen LogP contribution in [0.15, 0.2) is 48.5 Å². The molecule has 7 heteroatoms. The summed E-state index contributed by atoms with van der Waals surface area (Å²) in [4.78, 5) is 34.5. The second-order valence-corrected chi connectivity index (χ2v) is 8.73. The number of aromatic nitrogens is 2. The monoisotopic (exact) mass is 473 g/mol. The lowest BCUT2D eigenvalue weighted by molar-refractivity contribution is 0.0524. The predicted molar refractivity (Wildman–Crippen MR) is 136 cm³/mol. The summed E-state index contributed by atoms with van der Waals surface area (Å²) in [6.45, 7) is 8.60. The van der Waals surface area contributed by atoms with E-state index in [-0.39, 0.29) is 11.9 Å². The summed E-state index contributed by atoms with van der Waals surface area (Å²) in [5.74, 6) is 0.231. The molecule has 0 bridgehead atoms. The van der Waals surface area contributed by atoms with Crippen LogP contribution in [0.1, 0.15) is 55.8 Å². The van der Waals surface area contributed by atoms with Crippen molar-refractivity contribution >= 4 is 22.8 Å². The highest BCUT2D eigenvalue weighted by molar-refractivity contribution is 5.98. The lowest BCUT2D eigenvalue weighted by Crippen LogP contribution is -2.30. The lowest BCUT2D eigenvalue weighted by Gasteiger charge is -2.22. The standard InChI is InChI=1S/C28H31N3O4/c1-6-35-28(33)26-18(3)25(29-19(26)4)16-31(15-20-9-7-17(2)8-10-20)27(32)24-13-21-11-12-22(34-5)14-23(21)30-24/h7-14,29-30H,6,15-16H2,1-5H3. The van der Waals surface area contributed by atoms with Crippen LogP contribution in [0.25, 0.3) is 10.9 Å². The number of esters is 1. The molecule has 0 aliphatic carbocycles. The first-order valence-corrected chi connectivity index (χ1v) is 11.7. The van der Waals surface area contributed by atoms with Crippen LogP contribution in [0.3, 0.4) is 0 Å². The zero-order valence-electron chi connectivity index (χ0n) is 20.8. The van der Waals surface area contributed by atoms with Crippen LogP contribution in [0.5, 0.6) is 5.75 Å². The van der Waals surface area contributed by atoms with Crippen LogP contribution < -0.4 is 4.74 Å². The molecule has 7 nitrogen and oxygen atoms in total. The summed E-state index contributed by atoms with van der Waals surface area (Å²) in [6.07, 6.45) is 0. The van der Waals surface area contributed by atoms with Gasteiger partial charge in [0.15, 0.2) is 0 Å². The van der Waals surface area contributed by atoms with E-state index < -0.39 is 0 Å². The maximum atomic E-state index is 13.7. The molecule has 0 unspecified atom stereocenters. The molecule has 4 aromatic rings. The van der Waals surface area contributed by atoms with Gasteiger partial charge in [0.05, 0.1) is 25.8 Å². The van der Waals surface area contributed by atoms with Crippen molar-refractivity contribution in [2.24, 2.45) is 0 Å². The van der Waals surface area contributed by atoms with E-state index >= 15 is 0 Å². The van der Waals surface area contributed by atoms with Crippen molar-refractivity contribution in [3.63, 3.8) is 0 Å². The van der Waals surface area contributed by atoms with Gasteiger partial charge < -0.3 is 24.3 Å². The normalized spacial score (nSPS) is 11.0. The van der Waals surface area contributed by atoms with E-state index in [0.717, 1.165) is 44.7 Å². The quantitative estimate of drug-likeness (QED) is 0.333. The van der Waals surface area contributed by atoms with Crippen molar-refractivity contribution < 1.29 is 19.1 Å². The number of fused-ring (bicyclic) bond motifs is 1. The highest BCUT2D eigenvalue weighted by Crippen LogP contribution is 2.25. The number of aromatic amines is 2. The molecule has 0 fully saturated rings. The number of nitrogens with one attached hydrogen (secondary N) is 2. The van der Waals surface area contributed by atoms with Gasteiger partial charge in [0.2, 0.25) is 0 Å². The Balaban J connectivity index is 1.69. The van der Waals surface area contributed by atoms with Gasteiger partial charge >= 0.3 is 5.97 Å². The second kappa shape index (κ2) is 10.1. The minimum Gasteiger partial charge on any atom is -0.497 e. The summed E-state index contributed by atoms with van der Waals surface area (Å²) in [7, 11) is 1.62. The van der Waals surface area contributed by atoms with E-state index in [1.807, 2.05) is 69.3 Å². The van der Waals surface area contributed by atoms with Crippen molar-refractivity contribution in [2.75, 3.05) is 13.7 Å². The number of nitrogens with zero attached hydrogens (tertiary/aromatic N) is 1. The number of carbonyl (C=O) groups is 2. The molecule has 0 atom stereocenters. The number of rotatable bonds is 8. The Morgan fingerprint density at radius 1 is 0.943 bits per heavy atom. The number of benzene rings is 2. The zero-order chi connectivity index (χ0) is 25.1. The van der Waals surface area contributed by atoms with Crippen molar-refractivity contribution in [1.29, 1.82) is 0 Å². The molecule has 0 saturated heterocycles. The molecule has 4 rings (SSSR count). The zero-order valence-corrected chi connectivity index (χ0v) is 20.8. The van der Waals surface area contributed by atoms with Gasteiger partial charge in [-0.15, -0.1) is 0 Å². The number of aryl methyl sites for hydroxylation is 2. The first kappa shape index (κ1) is 24.1. The average molecular weight is 474 g/mol. The minimum atomic E-state index is -0.356. The summed E-state index contributed by atoms with van der Waals surface area (Å²) < 4.78 is 10.5. The Morgan fingerprint density at radius 3 is 2.37 bits per heavy atom. The molecule has 2 aromatic heterocycles. The van der Waals surface area contributed by atoms with E-state index in [9.17, 15) is 9.59 Å². The summed E-state index contributed by atoms with van der Waals surface area (Å²) in [5.41, 5.74) is 6.37. The van der Waals surface area contributed by atoms with Gasteiger partial charge in [-0.1, -0.05) is 29.8 Å². The van der Waals surface area contributed by atoms with E-state index in [2.05, 4.69) is 9.97 Å². The average Bonchev–Trinajstić information content (AvgIpc) is 3.39. The molecule has 0 aliphatic heterocycles. The Hall–Kier alpha value is -4.00. The largest absolute Gasteiger partial charge is 0.497 e. The third kappa shape index (κ3) is 5.09. The van der Waals surface area contributed by atoms with Crippen LogP contribution >= 0.6 is 0 Å². The van der Waals surface area contributed by atoms with Gasteiger partial charge in [-0.3, -0.25) is 4.79 Å². The summed E-state index contributed by atoms with van der Waals surface area (Å²) in [6, 6.07) is 15.7. The molecule has 0 saturated carbocycles. The number of amides is 1. The van der Waals surface area contributed by atoms with Crippen LogP contribution in [-0.4, -0.2) is 40.5 Å². The molecular weight excluding hydrogens is 442 g/mol. The van der Waals surface area contributed by atoms with Crippen LogP contribution in [0, 0.1) is 20.8 Å². The minimum absolute atomic E-state index is 0.134. The van der Waals surface area contributed by atoms with Gasteiger partial charge in [-0.25, -0.2) is 4.79 Å². The molecule has 2 heterocycles. The van der Waals surface area contributed by atoms with Gasteiger partial charge in [0.1, 0.15) is 11.4 Å². The topological polar surface area (TPSA) is 87.4 Å². The Morgan fingerprint density at radius 2 is 1.69 bits per heavy atom. The highest BCUT2D eigenvalue weighted by atomic mass is 16.5. The fourth-order valence-electron chi connectivity index (χ4n) is 4.31. The molecule has 35 heavy (non-hydrogen) atoms. The fraction of sp³-hybridized carbons (Fsp3) is 0.286. The molecule has 2 N–H and O–H groups in total. The molecule has 0 spiro atoms. The summed E-state index contributed by atoms with van der Waals surface area (Å²) >= 11 is 0. The van der Waals surface area contributed by atoms with Gasteiger partial charge in [0, 0.05) is 34.9 Å². The molecule has 0 radical (unpaired) electrons. The first-order chi connectivity index (χ1) is 16.8. The van der Waals surface area contributed by atoms with E-state index in [0.29, 0.717) is 31.0 Å². The van der Waals surface area contributed by atoms with Gasteiger partial charge in [-0.05, 0) is 57.0 Å². The maximum Gasteiger partial charge on any atom is 0.340 e. The van der Waals surface area contributed by atoms with E-state index in [1.54, 1.807) is 18.9 Å². The molecule has 0 aliphatic rings. The first-order valence-electron chi connectivity index (χ1n) is 11.7. The van der Waals surface area contributed by atoms with Crippen LogP contribution in [0.2, 0.25) is 0 Å². The lowest BCUT2D eigenvalue weighted by atomic mass is 10.1. The third-order valence-corrected chi connectivity index (χ3v) is 6.21. The number of hydrogen-bond acceptors (Lipinski definition) is 4. The Bertz CT molecular complexity index is 1370. The molecular formula is C28H31N3O4. The third-order valence-electron chi connectivity index (χ3n) is 6.21. The fourth-order valence-corrected chi connectivity index (χ4v) is 4.31.